The molecule has 7 heteroatoms. The predicted octanol–water partition coefficient (Wildman–Crippen LogP) is 4.16. The Kier molecular flexibility index (Phi) is 7.34. The van der Waals surface area contributed by atoms with Crippen molar-refractivity contribution >= 4 is 23.5 Å². The van der Waals surface area contributed by atoms with E-state index in [1.54, 1.807) is 7.05 Å². The Bertz CT molecular complexity index is 901. The quantitative estimate of drug-likeness (QED) is 0.608. The number of hydrogen-bond donors (Lipinski definition) is 1. The van der Waals surface area contributed by atoms with Gasteiger partial charge in [0.2, 0.25) is 5.91 Å². The minimum absolute atomic E-state index is 0.133. The first kappa shape index (κ1) is 22.1. The molecule has 160 valence electrons. The van der Waals surface area contributed by atoms with Gasteiger partial charge in [-0.25, -0.2) is 4.79 Å². The molecule has 0 aliphatic carbocycles. The maximum absolute atomic E-state index is 11.9. The first-order chi connectivity index (χ1) is 14.4. The van der Waals surface area contributed by atoms with Crippen LogP contribution < -0.4 is 10.1 Å². The highest BCUT2D eigenvalue weighted by Gasteiger charge is 2.33. The molecule has 0 bridgehead atoms. The van der Waals surface area contributed by atoms with Crippen LogP contribution in [0.3, 0.4) is 0 Å². The predicted molar refractivity (Wildman–Crippen MR) is 118 cm³/mol. The summed E-state index contributed by atoms with van der Waals surface area (Å²) in [7, 11) is 1.62. The number of aryl methyl sites for hydroxylation is 1. The molecule has 2 aromatic rings. The van der Waals surface area contributed by atoms with Crippen molar-refractivity contribution in [3.05, 3.63) is 64.2 Å². The van der Waals surface area contributed by atoms with Crippen LogP contribution >= 0.6 is 11.6 Å². The molecule has 1 aliphatic rings. The first-order valence-corrected chi connectivity index (χ1v) is 10.5. The van der Waals surface area contributed by atoms with Crippen LogP contribution in [0.1, 0.15) is 36.1 Å². The number of rotatable bonds is 9. The van der Waals surface area contributed by atoms with Gasteiger partial charge in [-0.2, -0.15) is 0 Å². The van der Waals surface area contributed by atoms with Gasteiger partial charge in [-0.1, -0.05) is 42.8 Å². The lowest BCUT2D eigenvalue weighted by Gasteiger charge is -2.19. The number of hydrogen-bond acceptors (Lipinski definition) is 4. The topological polar surface area (TPSA) is 61.9 Å². The fourth-order valence-corrected chi connectivity index (χ4v) is 3.68. The zero-order chi connectivity index (χ0) is 21.7. The van der Waals surface area contributed by atoms with Gasteiger partial charge in [0.05, 0.1) is 6.54 Å². The lowest BCUT2D eigenvalue weighted by atomic mass is 10.0. The summed E-state index contributed by atoms with van der Waals surface area (Å²) in [4.78, 5) is 26.4. The molecule has 3 amide bonds. The zero-order valence-corrected chi connectivity index (χ0v) is 18.4. The van der Waals surface area contributed by atoms with E-state index in [9.17, 15) is 9.59 Å². The van der Waals surface area contributed by atoms with Crippen molar-refractivity contribution in [3.63, 3.8) is 0 Å². The average molecular weight is 430 g/mol. The summed E-state index contributed by atoms with van der Waals surface area (Å²) in [5, 5.41) is 4.33. The highest BCUT2D eigenvalue weighted by Crippen LogP contribution is 2.22. The van der Waals surface area contributed by atoms with E-state index < -0.39 is 0 Å². The third-order valence-electron chi connectivity index (χ3n) is 5.28. The molecule has 1 aliphatic heterocycles. The lowest BCUT2D eigenvalue weighted by Crippen LogP contribution is -2.35. The van der Waals surface area contributed by atoms with Crippen molar-refractivity contribution in [3.8, 4) is 5.75 Å². The number of urea groups is 1. The highest BCUT2D eigenvalue weighted by atomic mass is 35.5. The number of ether oxygens (including phenoxy) is 1. The third-order valence-corrected chi connectivity index (χ3v) is 5.53. The van der Waals surface area contributed by atoms with Crippen molar-refractivity contribution in [1.82, 2.24) is 15.1 Å². The van der Waals surface area contributed by atoms with E-state index in [0.717, 1.165) is 29.3 Å². The molecule has 0 aromatic heterocycles. The second-order valence-corrected chi connectivity index (χ2v) is 7.96. The molecule has 1 fully saturated rings. The summed E-state index contributed by atoms with van der Waals surface area (Å²) in [6.07, 6.45) is 0.977. The molecule has 0 spiro atoms. The van der Waals surface area contributed by atoms with Crippen LogP contribution in [0.2, 0.25) is 5.02 Å². The summed E-state index contributed by atoms with van der Waals surface area (Å²) in [6, 6.07) is 14.0. The number of carbonyl (C=O) groups excluding carboxylic acids is 2. The number of benzene rings is 2. The largest absolute Gasteiger partial charge is 0.491 e. The van der Waals surface area contributed by atoms with Gasteiger partial charge in [-0.15, -0.1) is 0 Å². The van der Waals surface area contributed by atoms with Crippen LogP contribution in [0.4, 0.5) is 4.79 Å². The summed E-state index contributed by atoms with van der Waals surface area (Å²) in [5.41, 5.74) is 3.40. The van der Waals surface area contributed by atoms with E-state index in [1.807, 2.05) is 31.2 Å². The van der Waals surface area contributed by atoms with Gasteiger partial charge < -0.3 is 15.0 Å². The van der Waals surface area contributed by atoms with E-state index >= 15 is 0 Å². The van der Waals surface area contributed by atoms with Crippen LogP contribution in [-0.2, 0) is 11.3 Å². The standard InChI is InChI=1S/C23H28ClN3O3/c1-4-20(18-6-8-19(24)9-7-18)25-14-17-5-10-21(16(2)13-17)30-12-11-27-22(28)15-26(3)23(27)29/h5-10,13,20,25H,4,11-12,14-15H2,1-3H3. The second kappa shape index (κ2) is 9.96. The number of imide groups is 1. The van der Waals surface area contributed by atoms with Gasteiger partial charge >= 0.3 is 6.03 Å². The van der Waals surface area contributed by atoms with E-state index in [0.29, 0.717) is 0 Å². The van der Waals surface area contributed by atoms with Crippen LogP contribution in [0.15, 0.2) is 42.5 Å². The van der Waals surface area contributed by atoms with Crippen molar-refractivity contribution in [2.75, 3.05) is 26.7 Å². The molecule has 6 nitrogen and oxygen atoms in total. The fraction of sp³-hybridized carbons (Fsp3) is 0.391. The summed E-state index contributed by atoms with van der Waals surface area (Å²) < 4.78 is 5.82. The number of halogens is 1. The number of nitrogens with zero attached hydrogens (tertiary/aromatic N) is 2. The number of nitrogens with one attached hydrogen (secondary N) is 1. The van der Waals surface area contributed by atoms with Gasteiger partial charge in [-0.05, 0) is 48.2 Å². The molecule has 1 saturated heterocycles. The summed E-state index contributed by atoms with van der Waals surface area (Å²) in [6.45, 7) is 5.55. The molecular formula is C23H28ClN3O3. The van der Waals surface area contributed by atoms with Gasteiger partial charge in [0.15, 0.2) is 0 Å². The van der Waals surface area contributed by atoms with Crippen molar-refractivity contribution in [2.24, 2.45) is 0 Å². The third kappa shape index (κ3) is 5.32. The SMILES string of the molecule is CCC(NCc1ccc(OCCN2C(=O)CN(C)C2=O)c(C)c1)c1ccc(Cl)cc1. The zero-order valence-electron chi connectivity index (χ0n) is 17.7. The van der Waals surface area contributed by atoms with Gasteiger partial charge in [0, 0.05) is 24.7 Å². The Balaban J connectivity index is 1.52. The Hall–Kier alpha value is -2.57. The Labute approximate surface area is 182 Å². The van der Waals surface area contributed by atoms with Gasteiger partial charge in [-0.3, -0.25) is 9.69 Å². The van der Waals surface area contributed by atoms with Crippen LogP contribution in [-0.4, -0.2) is 48.5 Å². The molecule has 0 radical (unpaired) electrons. The molecule has 1 atom stereocenters. The summed E-state index contributed by atoms with van der Waals surface area (Å²) in [5.74, 6) is 0.575. The van der Waals surface area contributed by atoms with Crippen molar-refractivity contribution in [1.29, 1.82) is 0 Å². The monoisotopic (exact) mass is 429 g/mol. The second-order valence-electron chi connectivity index (χ2n) is 7.53. The molecular weight excluding hydrogens is 402 g/mol. The normalized spacial score (nSPS) is 15.1. The number of likely N-dealkylation sites (N-methyl/N-ethyl adjacent to an activating group) is 1. The number of carbonyl (C=O) groups is 2. The number of amides is 3. The van der Waals surface area contributed by atoms with Crippen LogP contribution in [0.25, 0.3) is 0 Å². The highest BCUT2D eigenvalue weighted by molar-refractivity contribution is 6.30. The minimum Gasteiger partial charge on any atom is -0.491 e. The molecule has 2 aromatic carbocycles. The lowest BCUT2D eigenvalue weighted by molar-refractivity contribution is -0.125. The van der Waals surface area contributed by atoms with Crippen LogP contribution in [0.5, 0.6) is 5.75 Å². The fourth-order valence-electron chi connectivity index (χ4n) is 3.55. The molecule has 1 heterocycles. The smallest absolute Gasteiger partial charge is 0.327 e. The van der Waals surface area contributed by atoms with Gasteiger partial charge in [0.1, 0.15) is 18.9 Å². The Morgan fingerprint density at radius 3 is 2.50 bits per heavy atom. The molecule has 1 unspecified atom stereocenters. The maximum atomic E-state index is 11.9. The Morgan fingerprint density at radius 2 is 1.90 bits per heavy atom. The molecule has 30 heavy (non-hydrogen) atoms. The van der Waals surface area contributed by atoms with E-state index in [4.69, 9.17) is 16.3 Å². The van der Waals surface area contributed by atoms with Crippen molar-refractivity contribution in [2.45, 2.75) is 32.9 Å². The van der Waals surface area contributed by atoms with Crippen molar-refractivity contribution < 1.29 is 14.3 Å². The van der Waals surface area contributed by atoms with E-state index in [2.05, 4.69) is 30.4 Å². The molecule has 0 saturated carbocycles. The summed E-state index contributed by atoms with van der Waals surface area (Å²) >= 11 is 5.99. The van der Waals surface area contributed by atoms with Gasteiger partial charge in [0.25, 0.3) is 0 Å². The average Bonchev–Trinajstić information content (AvgIpc) is 2.97. The Morgan fingerprint density at radius 1 is 1.17 bits per heavy atom. The van der Waals surface area contributed by atoms with E-state index in [1.165, 1.54) is 20.9 Å². The minimum atomic E-state index is -0.270. The maximum Gasteiger partial charge on any atom is 0.327 e. The first-order valence-electron chi connectivity index (χ1n) is 10.2. The van der Waals surface area contributed by atoms with Crippen LogP contribution in [0, 0.1) is 6.92 Å². The molecule has 1 N–H and O–H groups in total. The van der Waals surface area contributed by atoms with E-state index in [-0.39, 0.29) is 37.7 Å². The molecule has 3 rings (SSSR count).